The highest BCUT2D eigenvalue weighted by molar-refractivity contribution is 5.88. The van der Waals surface area contributed by atoms with E-state index in [0.717, 1.165) is 16.5 Å². The monoisotopic (exact) mass is 337 g/mol. The van der Waals surface area contributed by atoms with Crippen molar-refractivity contribution in [1.82, 2.24) is 5.32 Å². The number of hydrogen-bond donors (Lipinski definition) is 1. The van der Waals surface area contributed by atoms with E-state index in [1.165, 1.54) is 6.07 Å². The molecule has 0 aromatic heterocycles. The largest absolute Gasteiger partial charge is 0.491 e. The Kier molecular flexibility index (Phi) is 5.62. The summed E-state index contributed by atoms with van der Waals surface area (Å²) in [6.45, 7) is 0.804. The molecular formula is C21H20FNO2. The van der Waals surface area contributed by atoms with Crippen LogP contribution < -0.4 is 10.1 Å². The third-order valence-corrected chi connectivity index (χ3v) is 4.01. The molecule has 0 bridgehead atoms. The summed E-state index contributed by atoms with van der Waals surface area (Å²) < 4.78 is 19.3. The van der Waals surface area contributed by atoms with E-state index in [4.69, 9.17) is 4.74 Å². The van der Waals surface area contributed by atoms with Gasteiger partial charge in [0.2, 0.25) is 5.91 Å². The summed E-state index contributed by atoms with van der Waals surface area (Å²) in [5, 5.41) is 4.98. The maximum absolute atomic E-state index is 13.5. The van der Waals surface area contributed by atoms with Crippen molar-refractivity contribution in [2.75, 3.05) is 13.2 Å². The van der Waals surface area contributed by atoms with Crippen molar-refractivity contribution in [3.63, 3.8) is 0 Å². The Labute approximate surface area is 146 Å². The fraction of sp³-hybridized carbons (Fsp3) is 0.190. The number of carbonyl (C=O) groups is 1. The van der Waals surface area contributed by atoms with E-state index in [-0.39, 0.29) is 18.1 Å². The highest BCUT2D eigenvalue weighted by Crippen LogP contribution is 2.24. The first-order valence-corrected chi connectivity index (χ1v) is 8.35. The molecule has 25 heavy (non-hydrogen) atoms. The summed E-state index contributed by atoms with van der Waals surface area (Å²) in [5.74, 6) is 0.429. The topological polar surface area (TPSA) is 38.3 Å². The van der Waals surface area contributed by atoms with Crippen LogP contribution in [0.15, 0.2) is 66.7 Å². The normalized spacial score (nSPS) is 10.6. The van der Waals surface area contributed by atoms with E-state index in [0.29, 0.717) is 25.1 Å². The molecule has 4 heteroatoms. The predicted octanol–water partition coefficient (Wildman–Crippen LogP) is 4.11. The zero-order valence-electron chi connectivity index (χ0n) is 13.9. The quantitative estimate of drug-likeness (QED) is 0.659. The Hall–Kier alpha value is -2.88. The van der Waals surface area contributed by atoms with E-state index in [1.54, 1.807) is 18.2 Å². The van der Waals surface area contributed by atoms with Crippen molar-refractivity contribution < 1.29 is 13.9 Å². The molecule has 0 aliphatic heterocycles. The van der Waals surface area contributed by atoms with Crippen LogP contribution in [-0.4, -0.2) is 19.1 Å². The van der Waals surface area contributed by atoms with E-state index < -0.39 is 0 Å². The number of carbonyl (C=O) groups excluding carboxylic acids is 1. The molecule has 0 heterocycles. The maximum Gasteiger partial charge on any atom is 0.220 e. The van der Waals surface area contributed by atoms with Gasteiger partial charge >= 0.3 is 0 Å². The number of halogens is 1. The van der Waals surface area contributed by atoms with Crippen LogP contribution in [0.2, 0.25) is 0 Å². The molecule has 3 aromatic carbocycles. The Morgan fingerprint density at radius 1 is 0.960 bits per heavy atom. The van der Waals surface area contributed by atoms with Crippen molar-refractivity contribution in [3.8, 4) is 5.75 Å². The molecule has 0 unspecified atom stereocenters. The van der Waals surface area contributed by atoms with Crippen LogP contribution in [0.3, 0.4) is 0 Å². The Morgan fingerprint density at radius 3 is 2.60 bits per heavy atom. The number of hydrogen-bond acceptors (Lipinski definition) is 2. The molecule has 0 spiro atoms. The van der Waals surface area contributed by atoms with Crippen LogP contribution in [-0.2, 0) is 11.2 Å². The van der Waals surface area contributed by atoms with Crippen LogP contribution in [0.1, 0.15) is 12.0 Å². The molecule has 0 aliphatic rings. The van der Waals surface area contributed by atoms with Gasteiger partial charge < -0.3 is 10.1 Å². The lowest BCUT2D eigenvalue weighted by molar-refractivity contribution is -0.121. The van der Waals surface area contributed by atoms with Gasteiger partial charge in [0.1, 0.15) is 18.2 Å². The van der Waals surface area contributed by atoms with Gasteiger partial charge in [0.15, 0.2) is 0 Å². The number of rotatable bonds is 7. The van der Waals surface area contributed by atoms with Crippen LogP contribution in [0.4, 0.5) is 4.39 Å². The van der Waals surface area contributed by atoms with Crippen LogP contribution >= 0.6 is 0 Å². The number of aryl methyl sites for hydroxylation is 1. The first-order valence-electron chi connectivity index (χ1n) is 8.35. The second-order valence-corrected chi connectivity index (χ2v) is 5.77. The highest BCUT2D eigenvalue weighted by atomic mass is 19.1. The molecule has 0 aliphatic carbocycles. The van der Waals surface area contributed by atoms with Gasteiger partial charge in [-0.2, -0.15) is 0 Å². The Bertz CT molecular complexity index is 858. The molecule has 3 rings (SSSR count). The Balaban J connectivity index is 1.43. The number of ether oxygens (including phenoxy) is 1. The lowest BCUT2D eigenvalue weighted by Crippen LogP contribution is -2.28. The number of fused-ring (bicyclic) bond motifs is 1. The van der Waals surface area contributed by atoms with E-state index in [9.17, 15) is 9.18 Å². The third kappa shape index (κ3) is 4.57. The second kappa shape index (κ2) is 8.29. The smallest absolute Gasteiger partial charge is 0.220 e. The van der Waals surface area contributed by atoms with Crippen molar-refractivity contribution in [3.05, 3.63) is 78.1 Å². The molecule has 1 amide bonds. The van der Waals surface area contributed by atoms with Gasteiger partial charge in [0, 0.05) is 11.8 Å². The zero-order valence-corrected chi connectivity index (χ0v) is 13.9. The molecule has 128 valence electrons. The maximum atomic E-state index is 13.5. The van der Waals surface area contributed by atoms with E-state index >= 15 is 0 Å². The average molecular weight is 337 g/mol. The van der Waals surface area contributed by atoms with Gasteiger partial charge in [-0.3, -0.25) is 4.79 Å². The van der Waals surface area contributed by atoms with Crippen molar-refractivity contribution in [2.24, 2.45) is 0 Å². The van der Waals surface area contributed by atoms with Crippen LogP contribution in [0.25, 0.3) is 10.8 Å². The summed E-state index contributed by atoms with van der Waals surface area (Å²) in [4.78, 5) is 11.9. The summed E-state index contributed by atoms with van der Waals surface area (Å²) >= 11 is 0. The minimum Gasteiger partial charge on any atom is -0.491 e. The minimum absolute atomic E-state index is 0.107. The van der Waals surface area contributed by atoms with Gasteiger partial charge in [-0.25, -0.2) is 4.39 Å². The Morgan fingerprint density at radius 2 is 1.72 bits per heavy atom. The fourth-order valence-corrected chi connectivity index (χ4v) is 2.71. The van der Waals surface area contributed by atoms with E-state index in [2.05, 4.69) is 5.32 Å². The zero-order chi connectivity index (χ0) is 17.5. The summed E-state index contributed by atoms with van der Waals surface area (Å²) in [6.07, 6.45) is 0.651. The van der Waals surface area contributed by atoms with Gasteiger partial charge in [0.05, 0.1) is 6.54 Å². The molecule has 0 saturated carbocycles. The van der Waals surface area contributed by atoms with Crippen molar-refractivity contribution in [2.45, 2.75) is 12.8 Å². The van der Waals surface area contributed by atoms with E-state index in [1.807, 2.05) is 42.5 Å². The molecule has 0 radical (unpaired) electrons. The van der Waals surface area contributed by atoms with Crippen LogP contribution in [0.5, 0.6) is 5.75 Å². The molecule has 3 aromatic rings. The summed E-state index contributed by atoms with van der Waals surface area (Å²) in [6, 6.07) is 20.4. The highest BCUT2D eigenvalue weighted by Gasteiger charge is 2.06. The first-order chi connectivity index (χ1) is 12.2. The first kappa shape index (κ1) is 17.0. The van der Waals surface area contributed by atoms with Gasteiger partial charge in [-0.1, -0.05) is 54.6 Å². The molecule has 0 saturated heterocycles. The molecule has 1 N–H and O–H groups in total. The van der Waals surface area contributed by atoms with Gasteiger partial charge in [-0.05, 0) is 29.5 Å². The SMILES string of the molecule is O=C(CCc1ccccc1F)NCCOc1cccc2ccccc12. The van der Waals surface area contributed by atoms with Crippen molar-refractivity contribution in [1.29, 1.82) is 0 Å². The molecular weight excluding hydrogens is 317 g/mol. The fourth-order valence-electron chi connectivity index (χ4n) is 2.71. The minimum atomic E-state index is -0.269. The molecule has 0 fully saturated rings. The summed E-state index contributed by atoms with van der Waals surface area (Å²) in [5.41, 5.74) is 0.560. The second-order valence-electron chi connectivity index (χ2n) is 5.77. The number of nitrogens with one attached hydrogen (secondary N) is 1. The average Bonchev–Trinajstić information content (AvgIpc) is 2.64. The lowest BCUT2D eigenvalue weighted by atomic mass is 10.1. The molecule has 3 nitrogen and oxygen atoms in total. The number of benzene rings is 3. The third-order valence-electron chi connectivity index (χ3n) is 4.01. The number of amides is 1. The lowest BCUT2D eigenvalue weighted by Gasteiger charge is -2.10. The van der Waals surface area contributed by atoms with Gasteiger partial charge in [0.25, 0.3) is 0 Å². The molecule has 0 atom stereocenters. The van der Waals surface area contributed by atoms with Crippen LogP contribution in [0, 0.1) is 5.82 Å². The van der Waals surface area contributed by atoms with Crippen molar-refractivity contribution >= 4 is 16.7 Å². The van der Waals surface area contributed by atoms with Gasteiger partial charge in [-0.15, -0.1) is 0 Å². The predicted molar refractivity (Wildman–Crippen MR) is 97.2 cm³/mol. The summed E-state index contributed by atoms with van der Waals surface area (Å²) in [7, 11) is 0. The standard InChI is InChI=1S/C21H20FNO2/c22-19-10-4-2-7-17(19)12-13-21(24)23-14-15-25-20-11-5-8-16-6-1-3-9-18(16)20/h1-11H,12-15H2,(H,23,24).